The molecule has 1 aliphatic heterocycles. The van der Waals surface area contributed by atoms with Gasteiger partial charge in [-0.25, -0.2) is 9.78 Å². The number of nitrogens with one attached hydrogen (secondary N) is 2. The first kappa shape index (κ1) is 20.8. The first-order valence-electron chi connectivity index (χ1n) is 10.8. The van der Waals surface area contributed by atoms with Crippen LogP contribution in [0.15, 0.2) is 18.2 Å². The van der Waals surface area contributed by atoms with Crippen molar-refractivity contribution in [2.45, 2.75) is 64.3 Å². The van der Waals surface area contributed by atoms with E-state index in [1.807, 2.05) is 13.0 Å². The third-order valence-corrected chi connectivity index (χ3v) is 7.25. The van der Waals surface area contributed by atoms with Crippen LogP contribution in [0.2, 0.25) is 0 Å². The molecule has 1 aliphatic carbocycles. The predicted octanol–water partition coefficient (Wildman–Crippen LogP) is 4.08. The summed E-state index contributed by atoms with van der Waals surface area (Å²) in [5.74, 6) is -0.620. The summed E-state index contributed by atoms with van der Waals surface area (Å²) in [4.78, 5) is 43.6. The van der Waals surface area contributed by atoms with Crippen LogP contribution in [-0.4, -0.2) is 39.8 Å². The predicted molar refractivity (Wildman–Crippen MR) is 117 cm³/mol. The van der Waals surface area contributed by atoms with Crippen LogP contribution in [0.3, 0.4) is 0 Å². The molecule has 30 heavy (non-hydrogen) atoms. The Morgan fingerprint density at radius 2 is 2.20 bits per heavy atom. The second-order valence-corrected chi connectivity index (χ2v) is 9.44. The maximum atomic E-state index is 13.0. The minimum atomic E-state index is -0.847. The number of hydrogen-bond donors (Lipinski definition) is 2. The maximum absolute atomic E-state index is 13.0. The molecule has 2 aromatic rings. The van der Waals surface area contributed by atoms with Crippen molar-refractivity contribution < 1.29 is 14.4 Å². The van der Waals surface area contributed by atoms with Crippen molar-refractivity contribution in [3.63, 3.8) is 0 Å². The number of carbonyl (C=O) groups is 3. The van der Waals surface area contributed by atoms with E-state index in [0.29, 0.717) is 11.6 Å². The summed E-state index contributed by atoms with van der Waals surface area (Å²) in [6, 6.07) is 5.68. The normalized spacial score (nSPS) is 23.9. The summed E-state index contributed by atoms with van der Waals surface area (Å²) in [6.07, 6.45) is 6.81. The van der Waals surface area contributed by atoms with Gasteiger partial charge >= 0.3 is 6.03 Å². The Kier molecular flexibility index (Phi) is 5.77. The molecule has 1 spiro atoms. The molecule has 1 aromatic heterocycles. The van der Waals surface area contributed by atoms with Gasteiger partial charge in [0.05, 0.1) is 10.2 Å². The van der Waals surface area contributed by atoms with Gasteiger partial charge in [-0.2, -0.15) is 0 Å². The minimum Gasteiger partial charge on any atom is -0.323 e. The molecular weight excluding hydrogens is 400 g/mol. The summed E-state index contributed by atoms with van der Waals surface area (Å²) in [5, 5.41) is 6.12. The lowest BCUT2D eigenvalue weighted by Gasteiger charge is -2.36. The summed E-state index contributed by atoms with van der Waals surface area (Å²) in [6.45, 7) is 3.87. The maximum Gasteiger partial charge on any atom is 0.325 e. The number of carbonyl (C=O) groups excluding carboxylic acids is 3. The summed E-state index contributed by atoms with van der Waals surface area (Å²) >= 11 is 1.41. The molecule has 2 N–H and O–H groups in total. The number of fused-ring (bicyclic) bond motifs is 1. The molecule has 2 atom stereocenters. The molecule has 160 valence electrons. The number of nitrogens with zero attached hydrogens (tertiary/aromatic N) is 2. The van der Waals surface area contributed by atoms with Gasteiger partial charge < -0.3 is 10.6 Å². The van der Waals surface area contributed by atoms with Crippen LogP contribution in [0.1, 0.15) is 57.9 Å². The van der Waals surface area contributed by atoms with Gasteiger partial charge in [0.25, 0.3) is 5.91 Å². The fraction of sp³-hybridized carbons (Fsp3) is 0.545. The summed E-state index contributed by atoms with van der Waals surface area (Å²) < 4.78 is 1.02. The second kappa shape index (κ2) is 8.34. The number of anilines is 1. The zero-order chi connectivity index (χ0) is 21.3. The van der Waals surface area contributed by atoms with E-state index in [1.54, 1.807) is 0 Å². The molecule has 1 aromatic carbocycles. The molecule has 2 unspecified atom stereocenters. The standard InChI is InChI=1S/C22H28N4O3S/c1-3-4-8-15-9-10-16-17(12-15)30-20(23-16)24-18(27)13-26-19(28)22(25-21(26)29)11-6-5-7-14(22)2/h9-10,12,14H,3-8,11,13H2,1-2H3,(H,25,29)(H,23,24,27). The molecule has 0 bridgehead atoms. The lowest BCUT2D eigenvalue weighted by atomic mass is 9.73. The largest absolute Gasteiger partial charge is 0.325 e. The minimum absolute atomic E-state index is 0.0712. The van der Waals surface area contributed by atoms with Crippen molar-refractivity contribution in [3.05, 3.63) is 23.8 Å². The molecule has 8 heteroatoms. The number of benzene rings is 1. The van der Waals surface area contributed by atoms with Gasteiger partial charge in [0, 0.05) is 0 Å². The van der Waals surface area contributed by atoms with Crippen LogP contribution >= 0.6 is 11.3 Å². The fourth-order valence-electron chi connectivity index (χ4n) is 4.50. The fourth-order valence-corrected chi connectivity index (χ4v) is 5.45. The van der Waals surface area contributed by atoms with Gasteiger partial charge in [-0.3, -0.25) is 14.5 Å². The van der Waals surface area contributed by atoms with E-state index < -0.39 is 17.5 Å². The van der Waals surface area contributed by atoms with Gasteiger partial charge in [-0.15, -0.1) is 0 Å². The van der Waals surface area contributed by atoms with Crippen molar-refractivity contribution >= 4 is 44.5 Å². The van der Waals surface area contributed by atoms with Crippen LogP contribution < -0.4 is 10.6 Å². The molecule has 0 radical (unpaired) electrons. The van der Waals surface area contributed by atoms with Crippen LogP contribution in [0.25, 0.3) is 10.2 Å². The zero-order valence-corrected chi connectivity index (χ0v) is 18.3. The van der Waals surface area contributed by atoms with E-state index in [2.05, 4.69) is 34.7 Å². The van der Waals surface area contributed by atoms with Gasteiger partial charge in [0.2, 0.25) is 5.91 Å². The number of rotatable bonds is 6. The molecule has 7 nitrogen and oxygen atoms in total. The van der Waals surface area contributed by atoms with Crippen molar-refractivity contribution in [2.75, 3.05) is 11.9 Å². The van der Waals surface area contributed by atoms with Crippen molar-refractivity contribution in [2.24, 2.45) is 5.92 Å². The Hall–Kier alpha value is -2.48. The van der Waals surface area contributed by atoms with Gasteiger partial charge in [0.15, 0.2) is 5.13 Å². The van der Waals surface area contributed by atoms with Crippen LogP contribution in [-0.2, 0) is 16.0 Å². The highest BCUT2D eigenvalue weighted by Crippen LogP contribution is 2.38. The number of aromatic nitrogens is 1. The lowest BCUT2D eigenvalue weighted by molar-refractivity contribution is -0.136. The first-order valence-corrected chi connectivity index (χ1v) is 11.6. The molecule has 2 aliphatic rings. The highest BCUT2D eigenvalue weighted by Gasteiger charge is 2.55. The van der Waals surface area contributed by atoms with Crippen LogP contribution in [0.5, 0.6) is 0 Å². The molecule has 2 fully saturated rings. The second-order valence-electron chi connectivity index (χ2n) is 8.41. The molecular formula is C22H28N4O3S. The smallest absolute Gasteiger partial charge is 0.323 e. The lowest BCUT2D eigenvalue weighted by Crippen LogP contribution is -2.54. The number of unbranched alkanes of at least 4 members (excludes halogenated alkanes) is 1. The SMILES string of the molecule is CCCCc1ccc2nc(NC(=O)CN3C(=O)NC4(CCCCC4C)C3=O)sc2c1. The van der Waals surface area contributed by atoms with Gasteiger partial charge in [-0.1, -0.05) is 50.5 Å². The molecule has 4 amide bonds. The molecule has 4 rings (SSSR count). The third kappa shape index (κ3) is 3.80. The van der Waals surface area contributed by atoms with Crippen molar-refractivity contribution in [1.29, 1.82) is 0 Å². The number of urea groups is 1. The van der Waals surface area contributed by atoms with Crippen LogP contribution in [0, 0.1) is 5.92 Å². The number of amides is 4. The Bertz CT molecular complexity index is 988. The third-order valence-electron chi connectivity index (χ3n) is 6.32. The van der Waals surface area contributed by atoms with E-state index >= 15 is 0 Å². The monoisotopic (exact) mass is 428 g/mol. The van der Waals surface area contributed by atoms with Gasteiger partial charge in [-0.05, 0) is 49.3 Å². The van der Waals surface area contributed by atoms with E-state index in [4.69, 9.17) is 0 Å². The van der Waals surface area contributed by atoms with Crippen LogP contribution in [0.4, 0.5) is 9.93 Å². The zero-order valence-electron chi connectivity index (χ0n) is 17.5. The quantitative estimate of drug-likeness (QED) is 0.678. The van der Waals surface area contributed by atoms with E-state index in [-0.39, 0.29) is 18.4 Å². The molecule has 2 heterocycles. The highest BCUT2D eigenvalue weighted by molar-refractivity contribution is 7.22. The topological polar surface area (TPSA) is 91.4 Å². The molecule has 1 saturated carbocycles. The van der Waals surface area contributed by atoms with Crippen molar-refractivity contribution in [1.82, 2.24) is 15.2 Å². The summed E-state index contributed by atoms with van der Waals surface area (Å²) in [7, 11) is 0. The highest BCUT2D eigenvalue weighted by atomic mass is 32.1. The first-order chi connectivity index (χ1) is 14.4. The average Bonchev–Trinajstić information content (AvgIpc) is 3.22. The van der Waals surface area contributed by atoms with Crippen molar-refractivity contribution in [3.8, 4) is 0 Å². The van der Waals surface area contributed by atoms with E-state index in [1.165, 1.54) is 16.9 Å². The van der Waals surface area contributed by atoms with E-state index in [9.17, 15) is 14.4 Å². The number of thiazole rings is 1. The Labute approximate surface area is 180 Å². The average molecular weight is 429 g/mol. The summed E-state index contributed by atoms with van der Waals surface area (Å²) in [5.41, 5.74) is 1.25. The number of imide groups is 1. The number of aryl methyl sites for hydroxylation is 1. The Morgan fingerprint density at radius 1 is 1.37 bits per heavy atom. The number of hydrogen-bond acceptors (Lipinski definition) is 5. The Morgan fingerprint density at radius 3 is 2.97 bits per heavy atom. The van der Waals surface area contributed by atoms with E-state index in [0.717, 1.165) is 53.6 Å². The Balaban J connectivity index is 1.43. The van der Waals surface area contributed by atoms with Gasteiger partial charge in [0.1, 0.15) is 12.1 Å². The molecule has 1 saturated heterocycles.